The highest BCUT2D eigenvalue weighted by atomic mass is 16.5. The third kappa shape index (κ3) is 3.43. The second-order valence-electron chi connectivity index (χ2n) is 7.30. The molecule has 1 fully saturated rings. The van der Waals surface area contributed by atoms with Crippen molar-refractivity contribution in [1.82, 2.24) is 15.3 Å². The number of fused-ring (bicyclic) bond motifs is 1. The van der Waals surface area contributed by atoms with Crippen LogP contribution in [0.4, 0.5) is 0 Å². The maximum absolute atomic E-state index is 13.0. The van der Waals surface area contributed by atoms with Gasteiger partial charge in [-0.1, -0.05) is 30.3 Å². The van der Waals surface area contributed by atoms with Gasteiger partial charge in [-0.3, -0.25) is 4.79 Å². The number of nitrogens with one attached hydrogen (secondary N) is 1. The second kappa shape index (κ2) is 7.08. The number of amides is 1. The number of rotatable bonds is 4. The van der Waals surface area contributed by atoms with Crippen LogP contribution in [0.15, 0.2) is 54.9 Å². The van der Waals surface area contributed by atoms with Gasteiger partial charge in [0.2, 0.25) is 0 Å². The lowest BCUT2D eigenvalue weighted by Gasteiger charge is -2.31. The average Bonchev–Trinajstić information content (AvgIpc) is 3.11. The lowest BCUT2D eigenvalue weighted by atomic mass is 9.97. The van der Waals surface area contributed by atoms with E-state index in [9.17, 15) is 4.79 Å². The molecule has 5 heteroatoms. The lowest BCUT2D eigenvalue weighted by molar-refractivity contribution is -0.134. The van der Waals surface area contributed by atoms with Crippen LogP contribution in [-0.2, 0) is 11.3 Å². The molecule has 0 spiro atoms. The predicted octanol–water partition coefficient (Wildman–Crippen LogP) is 3.45. The molecule has 2 aliphatic heterocycles. The van der Waals surface area contributed by atoms with E-state index in [2.05, 4.69) is 37.5 Å². The first-order chi connectivity index (χ1) is 13.0. The minimum absolute atomic E-state index is 0.124. The van der Waals surface area contributed by atoms with E-state index in [1.54, 1.807) is 12.0 Å². The van der Waals surface area contributed by atoms with Crippen molar-refractivity contribution in [3.05, 3.63) is 77.1 Å². The Balaban J connectivity index is 1.49. The molecule has 5 nitrogen and oxygen atoms in total. The highest BCUT2D eigenvalue weighted by molar-refractivity contribution is 5.84. The van der Waals surface area contributed by atoms with Crippen molar-refractivity contribution in [3.63, 3.8) is 0 Å². The second-order valence-corrected chi connectivity index (χ2v) is 7.30. The Morgan fingerprint density at radius 3 is 2.74 bits per heavy atom. The van der Waals surface area contributed by atoms with Gasteiger partial charge in [0.25, 0.3) is 5.91 Å². The Morgan fingerprint density at radius 2 is 1.96 bits per heavy atom. The van der Waals surface area contributed by atoms with Crippen LogP contribution < -0.4 is 10.2 Å². The molecule has 1 amide bonds. The Hall–Kier alpha value is -2.79. The van der Waals surface area contributed by atoms with E-state index in [1.165, 1.54) is 16.7 Å². The number of hydrogen-bond acceptors (Lipinski definition) is 4. The van der Waals surface area contributed by atoms with Crippen molar-refractivity contribution in [2.45, 2.75) is 38.9 Å². The van der Waals surface area contributed by atoms with Crippen LogP contribution in [0.1, 0.15) is 34.7 Å². The number of hydrazine groups is 1. The van der Waals surface area contributed by atoms with Gasteiger partial charge in [-0.2, -0.15) is 0 Å². The first kappa shape index (κ1) is 17.6. The number of carbonyl (C=O) groups excluding carboxylic acids is 1. The number of benzene rings is 2. The Labute approximate surface area is 160 Å². The Kier molecular flexibility index (Phi) is 4.62. The standard InChI is InChI=1S/C22H25N3O2/c1-15-7-8-18(11-16(15)2)20-13-21-22(26)24(9-10-25(21)23-20)14-17-5-4-6-19(12-17)27-3/h4-12,20-21,23H,13-14H2,1-3H3. The summed E-state index contributed by atoms with van der Waals surface area (Å²) in [6.07, 6.45) is 4.58. The van der Waals surface area contributed by atoms with E-state index >= 15 is 0 Å². The van der Waals surface area contributed by atoms with Gasteiger partial charge in [0.15, 0.2) is 0 Å². The van der Waals surface area contributed by atoms with Gasteiger partial charge in [0, 0.05) is 12.4 Å². The topological polar surface area (TPSA) is 44.8 Å². The van der Waals surface area contributed by atoms with Crippen molar-refractivity contribution >= 4 is 5.91 Å². The molecule has 0 aromatic heterocycles. The third-order valence-corrected chi connectivity index (χ3v) is 5.50. The van der Waals surface area contributed by atoms with Crippen LogP contribution in [0.25, 0.3) is 0 Å². The van der Waals surface area contributed by atoms with Crippen molar-refractivity contribution < 1.29 is 9.53 Å². The molecule has 0 saturated carbocycles. The molecule has 1 saturated heterocycles. The Morgan fingerprint density at radius 1 is 1.11 bits per heavy atom. The van der Waals surface area contributed by atoms with Gasteiger partial charge in [-0.15, -0.1) is 0 Å². The molecule has 0 bridgehead atoms. The van der Waals surface area contributed by atoms with Crippen molar-refractivity contribution in [1.29, 1.82) is 0 Å². The first-order valence-corrected chi connectivity index (χ1v) is 9.28. The van der Waals surface area contributed by atoms with Gasteiger partial charge in [0.05, 0.1) is 19.7 Å². The molecular formula is C22H25N3O2. The summed E-state index contributed by atoms with van der Waals surface area (Å²) in [4.78, 5) is 14.8. The summed E-state index contributed by atoms with van der Waals surface area (Å²) in [6.45, 7) is 4.79. The molecule has 1 N–H and O–H groups in total. The zero-order chi connectivity index (χ0) is 19.0. The molecule has 140 valence electrons. The monoisotopic (exact) mass is 363 g/mol. The number of nitrogens with zero attached hydrogens (tertiary/aromatic N) is 2. The summed E-state index contributed by atoms with van der Waals surface area (Å²) in [5.74, 6) is 0.930. The maximum Gasteiger partial charge on any atom is 0.251 e. The number of methoxy groups -OCH3 is 1. The van der Waals surface area contributed by atoms with Crippen molar-refractivity contribution in [2.75, 3.05) is 7.11 Å². The molecule has 27 heavy (non-hydrogen) atoms. The molecule has 0 radical (unpaired) electrons. The van der Waals surface area contributed by atoms with Gasteiger partial charge in [-0.25, -0.2) is 5.43 Å². The minimum Gasteiger partial charge on any atom is -0.497 e. The quantitative estimate of drug-likeness (QED) is 0.904. The van der Waals surface area contributed by atoms with Crippen molar-refractivity contribution in [3.8, 4) is 5.75 Å². The highest BCUT2D eigenvalue weighted by Gasteiger charge is 2.39. The van der Waals surface area contributed by atoms with E-state index < -0.39 is 0 Å². The van der Waals surface area contributed by atoms with Crippen molar-refractivity contribution in [2.24, 2.45) is 0 Å². The smallest absolute Gasteiger partial charge is 0.251 e. The van der Waals surface area contributed by atoms with Crippen LogP contribution in [0.3, 0.4) is 0 Å². The van der Waals surface area contributed by atoms with Crippen LogP contribution in [0.5, 0.6) is 5.75 Å². The summed E-state index contributed by atoms with van der Waals surface area (Å²) in [5.41, 5.74) is 8.32. The minimum atomic E-state index is -0.174. The molecule has 0 aliphatic carbocycles. The summed E-state index contributed by atoms with van der Waals surface area (Å²) in [7, 11) is 1.65. The van der Waals surface area contributed by atoms with Gasteiger partial charge in [-0.05, 0) is 54.7 Å². The van der Waals surface area contributed by atoms with E-state index in [1.807, 2.05) is 41.7 Å². The number of hydrogen-bond donors (Lipinski definition) is 1. The first-order valence-electron chi connectivity index (χ1n) is 9.28. The van der Waals surface area contributed by atoms with Gasteiger partial charge in [0.1, 0.15) is 11.8 Å². The Bertz CT molecular complexity index is 893. The zero-order valence-corrected chi connectivity index (χ0v) is 16.0. The van der Waals surface area contributed by atoms with E-state index in [0.717, 1.165) is 17.7 Å². The van der Waals surface area contributed by atoms with Crippen LogP contribution in [0.2, 0.25) is 0 Å². The van der Waals surface area contributed by atoms with Crippen LogP contribution in [-0.4, -0.2) is 29.0 Å². The molecule has 2 aromatic rings. The molecular weight excluding hydrogens is 338 g/mol. The highest BCUT2D eigenvalue weighted by Crippen LogP contribution is 2.32. The zero-order valence-electron chi connectivity index (χ0n) is 16.0. The number of ether oxygens (including phenoxy) is 1. The van der Waals surface area contributed by atoms with Gasteiger partial charge >= 0.3 is 0 Å². The fourth-order valence-corrected chi connectivity index (χ4v) is 3.73. The van der Waals surface area contributed by atoms with E-state index in [0.29, 0.717) is 6.54 Å². The summed E-state index contributed by atoms with van der Waals surface area (Å²) < 4.78 is 5.28. The third-order valence-electron chi connectivity index (χ3n) is 5.50. The largest absolute Gasteiger partial charge is 0.497 e. The molecule has 4 rings (SSSR count). The van der Waals surface area contributed by atoms with Crippen LogP contribution in [0, 0.1) is 13.8 Å². The van der Waals surface area contributed by atoms with E-state index in [4.69, 9.17) is 4.74 Å². The lowest BCUT2D eigenvalue weighted by Crippen LogP contribution is -2.47. The summed E-state index contributed by atoms with van der Waals surface area (Å²) in [6, 6.07) is 14.3. The average molecular weight is 363 g/mol. The number of carbonyl (C=O) groups is 1. The predicted molar refractivity (Wildman–Crippen MR) is 105 cm³/mol. The molecule has 2 unspecified atom stereocenters. The molecule has 2 heterocycles. The number of aryl methyl sites for hydroxylation is 2. The molecule has 2 atom stereocenters. The van der Waals surface area contributed by atoms with E-state index in [-0.39, 0.29) is 18.0 Å². The SMILES string of the molecule is COc1cccc(CN2C=CN3NC(c4ccc(C)c(C)c4)CC3C2=O)c1. The summed E-state index contributed by atoms with van der Waals surface area (Å²) >= 11 is 0. The molecule has 2 aromatic carbocycles. The fraction of sp³-hybridized carbons (Fsp3) is 0.318. The van der Waals surface area contributed by atoms with Crippen LogP contribution >= 0.6 is 0 Å². The summed E-state index contributed by atoms with van der Waals surface area (Å²) in [5, 5.41) is 1.95. The van der Waals surface area contributed by atoms with Gasteiger partial charge < -0.3 is 14.6 Å². The normalized spacial score (nSPS) is 21.5. The fourth-order valence-electron chi connectivity index (χ4n) is 3.73. The molecule has 2 aliphatic rings. The maximum atomic E-state index is 13.0.